The molecule has 0 spiro atoms. The van der Waals surface area contributed by atoms with Crippen molar-refractivity contribution >= 4 is 57.8 Å². The first kappa shape index (κ1) is 24.3. The number of carbonyl (C=O) groups is 1. The first-order chi connectivity index (χ1) is 11.8. The summed E-state index contributed by atoms with van der Waals surface area (Å²) in [4.78, 5) is 17.0. The fraction of sp³-hybridized carbons (Fsp3) is 0.588. The standard InChI is InChI=1S/C17H24ClN3O3S.2ClH/c1-25(23,24)17(6-8-19-9-7-17)16(22)21-12-10-20(11-13-21)15-4-2-14(18)3-5-15;;/h2-5,19H,6-13H2,1H3;2*1H. The third-order valence-electron chi connectivity index (χ3n) is 5.27. The van der Waals surface area contributed by atoms with Crippen molar-refractivity contribution < 1.29 is 13.2 Å². The van der Waals surface area contributed by atoms with Crippen LogP contribution < -0.4 is 10.2 Å². The van der Waals surface area contributed by atoms with Crippen LogP contribution in [0.15, 0.2) is 24.3 Å². The molecule has 1 amide bonds. The van der Waals surface area contributed by atoms with Crippen LogP contribution in [0.2, 0.25) is 5.02 Å². The van der Waals surface area contributed by atoms with Gasteiger partial charge in [-0.15, -0.1) is 24.8 Å². The molecule has 2 aliphatic rings. The average molecular weight is 459 g/mol. The summed E-state index contributed by atoms with van der Waals surface area (Å²) in [5, 5.41) is 3.84. The Morgan fingerprint density at radius 2 is 1.56 bits per heavy atom. The summed E-state index contributed by atoms with van der Waals surface area (Å²) in [6.45, 7) is 3.56. The number of amides is 1. The molecule has 10 heteroatoms. The predicted octanol–water partition coefficient (Wildman–Crippen LogP) is 2.00. The molecule has 0 unspecified atom stereocenters. The summed E-state index contributed by atoms with van der Waals surface area (Å²) < 4.78 is 23.6. The van der Waals surface area contributed by atoms with Gasteiger partial charge in [-0.3, -0.25) is 4.79 Å². The highest BCUT2D eigenvalue weighted by atomic mass is 35.5. The molecular formula is C17H26Cl3N3O3S. The summed E-state index contributed by atoms with van der Waals surface area (Å²) in [6, 6.07) is 7.62. The Balaban J connectivity index is 0.00000182. The summed E-state index contributed by atoms with van der Waals surface area (Å²) in [5.41, 5.74) is 1.07. The molecule has 6 nitrogen and oxygen atoms in total. The van der Waals surface area contributed by atoms with Gasteiger partial charge in [0.25, 0.3) is 0 Å². The highest BCUT2D eigenvalue weighted by molar-refractivity contribution is 7.92. The minimum Gasteiger partial charge on any atom is -0.368 e. The maximum Gasteiger partial charge on any atom is 0.244 e. The van der Waals surface area contributed by atoms with Crippen molar-refractivity contribution in [3.8, 4) is 0 Å². The van der Waals surface area contributed by atoms with Crippen LogP contribution in [-0.4, -0.2) is 69.5 Å². The number of hydrogen-bond donors (Lipinski definition) is 1. The Hall–Kier alpha value is -0.730. The van der Waals surface area contributed by atoms with E-state index in [1.165, 1.54) is 6.26 Å². The van der Waals surface area contributed by atoms with Crippen molar-refractivity contribution in [1.82, 2.24) is 10.2 Å². The molecule has 2 heterocycles. The van der Waals surface area contributed by atoms with Gasteiger partial charge in [-0.2, -0.15) is 0 Å². The summed E-state index contributed by atoms with van der Waals surface area (Å²) in [5.74, 6) is -0.229. The quantitative estimate of drug-likeness (QED) is 0.750. The van der Waals surface area contributed by atoms with E-state index in [0.717, 1.165) is 5.69 Å². The van der Waals surface area contributed by atoms with Crippen molar-refractivity contribution in [2.75, 3.05) is 50.4 Å². The van der Waals surface area contributed by atoms with Crippen LogP contribution in [0, 0.1) is 0 Å². The number of nitrogens with one attached hydrogen (secondary N) is 1. The molecular weight excluding hydrogens is 433 g/mol. The molecule has 2 saturated heterocycles. The lowest BCUT2D eigenvalue weighted by atomic mass is 9.94. The van der Waals surface area contributed by atoms with Crippen LogP contribution in [0.3, 0.4) is 0 Å². The molecule has 27 heavy (non-hydrogen) atoms. The van der Waals surface area contributed by atoms with Gasteiger partial charge in [0.15, 0.2) is 14.6 Å². The topological polar surface area (TPSA) is 69.7 Å². The molecule has 0 aromatic heterocycles. The fourth-order valence-electron chi connectivity index (χ4n) is 3.68. The van der Waals surface area contributed by atoms with Crippen molar-refractivity contribution in [3.63, 3.8) is 0 Å². The highest BCUT2D eigenvalue weighted by Gasteiger charge is 2.50. The van der Waals surface area contributed by atoms with Crippen molar-refractivity contribution in [3.05, 3.63) is 29.3 Å². The van der Waals surface area contributed by atoms with Gasteiger partial charge >= 0.3 is 0 Å². The number of halogens is 3. The van der Waals surface area contributed by atoms with Crippen molar-refractivity contribution in [2.24, 2.45) is 0 Å². The van der Waals surface area contributed by atoms with Gasteiger partial charge in [-0.1, -0.05) is 11.6 Å². The molecule has 0 aliphatic carbocycles. The van der Waals surface area contributed by atoms with Crippen LogP contribution in [0.1, 0.15) is 12.8 Å². The predicted molar refractivity (Wildman–Crippen MR) is 114 cm³/mol. The van der Waals surface area contributed by atoms with E-state index in [2.05, 4.69) is 10.2 Å². The number of hydrogen-bond acceptors (Lipinski definition) is 5. The second kappa shape index (κ2) is 9.65. The third-order valence-corrected chi connectivity index (χ3v) is 7.52. The fourth-order valence-corrected chi connectivity index (χ4v) is 5.20. The Morgan fingerprint density at radius 3 is 2.04 bits per heavy atom. The zero-order chi connectivity index (χ0) is 18.1. The number of piperazine rings is 1. The van der Waals surface area contributed by atoms with Gasteiger partial charge in [0, 0.05) is 43.1 Å². The Bertz CT molecular complexity index is 730. The minimum atomic E-state index is -3.47. The van der Waals surface area contributed by atoms with Gasteiger partial charge in [0.05, 0.1) is 0 Å². The minimum absolute atomic E-state index is 0. The molecule has 0 saturated carbocycles. The first-order valence-corrected chi connectivity index (χ1v) is 10.8. The normalized spacial score (nSPS) is 19.6. The molecule has 0 radical (unpaired) electrons. The molecule has 154 valence electrons. The lowest BCUT2D eigenvalue weighted by molar-refractivity contribution is -0.135. The summed E-state index contributed by atoms with van der Waals surface area (Å²) >= 11 is 5.93. The number of rotatable bonds is 3. The second-order valence-electron chi connectivity index (χ2n) is 6.77. The zero-order valence-corrected chi connectivity index (χ0v) is 18.4. The van der Waals surface area contributed by atoms with Crippen LogP contribution in [-0.2, 0) is 14.6 Å². The summed E-state index contributed by atoms with van der Waals surface area (Å²) in [7, 11) is -3.47. The SMILES string of the molecule is CS(=O)(=O)C1(C(=O)N2CCN(c3ccc(Cl)cc3)CC2)CCNCC1.Cl.Cl. The molecule has 0 atom stereocenters. The largest absolute Gasteiger partial charge is 0.368 e. The van der Waals surface area contributed by atoms with Crippen LogP contribution in [0.5, 0.6) is 0 Å². The van der Waals surface area contributed by atoms with E-state index in [-0.39, 0.29) is 30.7 Å². The van der Waals surface area contributed by atoms with E-state index in [0.29, 0.717) is 57.1 Å². The van der Waals surface area contributed by atoms with Crippen LogP contribution in [0.4, 0.5) is 5.69 Å². The van der Waals surface area contributed by atoms with E-state index < -0.39 is 14.6 Å². The maximum absolute atomic E-state index is 13.1. The van der Waals surface area contributed by atoms with E-state index >= 15 is 0 Å². The monoisotopic (exact) mass is 457 g/mol. The van der Waals surface area contributed by atoms with Gasteiger partial charge < -0.3 is 15.1 Å². The van der Waals surface area contributed by atoms with Crippen LogP contribution in [0.25, 0.3) is 0 Å². The maximum atomic E-state index is 13.1. The Morgan fingerprint density at radius 1 is 1.04 bits per heavy atom. The molecule has 3 rings (SSSR count). The molecule has 1 aromatic rings. The number of sulfone groups is 1. The van der Waals surface area contributed by atoms with Crippen LogP contribution >= 0.6 is 36.4 Å². The molecule has 2 fully saturated rings. The molecule has 2 aliphatic heterocycles. The smallest absolute Gasteiger partial charge is 0.244 e. The number of nitrogens with zero attached hydrogens (tertiary/aromatic N) is 2. The lowest BCUT2D eigenvalue weighted by Crippen LogP contribution is -2.61. The van der Waals surface area contributed by atoms with E-state index in [1.807, 2.05) is 24.3 Å². The van der Waals surface area contributed by atoms with Crippen molar-refractivity contribution in [2.45, 2.75) is 17.6 Å². The third kappa shape index (κ3) is 5.01. The molecule has 0 bridgehead atoms. The van der Waals surface area contributed by atoms with Gasteiger partial charge in [0.2, 0.25) is 5.91 Å². The van der Waals surface area contributed by atoms with Gasteiger partial charge in [-0.25, -0.2) is 8.42 Å². The number of benzene rings is 1. The summed E-state index contributed by atoms with van der Waals surface area (Å²) in [6.07, 6.45) is 1.89. The lowest BCUT2D eigenvalue weighted by Gasteiger charge is -2.42. The average Bonchev–Trinajstić information content (AvgIpc) is 2.61. The number of carbonyl (C=O) groups excluding carboxylic acids is 1. The van der Waals surface area contributed by atoms with Gasteiger partial charge in [0.1, 0.15) is 0 Å². The molecule has 1 N–H and O–H groups in total. The van der Waals surface area contributed by atoms with E-state index in [4.69, 9.17) is 11.6 Å². The second-order valence-corrected chi connectivity index (χ2v) is 9.53. The first-order valence-electron chi connectivity index (χ1n) is 8.54. The van der Waals surface area contributed by atoms with E-state index in [1.54, 1.807) is 4.90 Å². The Labute approximate surface area is 178 Å². The number of piperidine rings is 1. The zero-order valence-electron chi connectivity index (χ0n) is 15.2. The molecule has 1 aromatic carbocycles. The Kier molecular flexibility index (Phi) is 8.69. The number of anilines is 1. The van der Waals surface area contributed by atoms with Gasteiger partial charge in [-0.05, 0) is 50.2 Å². The van der Waals surface area contributed by atoms with Crippen molar-refractivity contribution in [1.29, 1.82) is 0 Å². The van der Waals surface area contributed by atoms with E-state index in [9.17, 15) is 13.2 Å². The highest BCUT2D eigenvalue weighted by Crippen LogP contribution is 2.31.